The molecule has 0 unspecified atom stereocenters. The van der Waals surface area contributed by atoms with Gasteiger partial charge in [-0.05, 0) is 49.4 Å². The van der Waals surface area contributed by atoms with Crippen molar-refractivity contribution < 1.29 is 14.3 Å². The summed E-state index contributed by atoms with van der Waals surface area (Å²) in [5.41, 5.74) is 1.41. The number of hydrogen-bond acceptors (Lipinski definition) is 3. The molecule has 24 heavy (non-hydrogen) atoms. The predicted octanol–water partition coefficient (Wildman–Crippen LogP) is 5.16. The first-order valence-corrected chi connectivity index (χ1v) is 8.45. The zero-order chi connectivity index (χ0) is 17.5. The van der Waals surface area contributed by atoms with E-state index in [-0.39, 0.29) is 5.91 Å². The summed E-state index contributed by atoms with van der Waals surface area (Å²) in [5, 5.41) is 3.19. The minimum absolute atomic E-state index is 0.265. The molecule has 1 amide bonds. The zero-order valence-electron chi connectivity index (χ0n) is 13.3. The second-order valence-electron chi connectivity index (χ2n) is 4.79. The summed E-state index contributed by atoms with van der Waals surface area (Å²) in [6, 6.07) is 10.7. The van der Waals surface area contributed by atoms with E-state index in [1.54, 1.807) is 24.3 Å². The normalized spacial score (nSPS) is 10.7. The molecule has 126 valence electrons. The molecule has 6 heteroatoms. The van der Waals surface area contributed by atoms with Gasteiger partial charge in [-0.15, -0.1) is 0 Å². The van der Waals surface area contributed by atoms with Crippen LogP contribution in [-0.2, 0) is 4.79 Å². The van der Waals surface area contributed by atoms with Crippen LogP contribution >= 0.6 is 27.5 Å². The van der Waals surface area contributed by atoms with Crippen molar-refractivity contribution >= 4 is 45.2 Å². The highest BCUT2D eigenvalue weighted by molar-refractivity contribution is 9.10. The molecule has 0 aromatic heterocycles. The highest BCUT2D eigenvalue weighted by Crippen LogP contribution is 2.27. The fraction of sp³-hybridized carbons (Fsp3) is 0.167. The molecule has 0 saturated carbocycles. The smallest absolute Gasteiger partial charge is 0.248 e. The van der Waals surface area contributed by atoms with Crippen molar-refractivity contribution in [1.82, 2.24) is 0 Å². The molecule has 4 nitrogen and oxygen atoms in total. The van der Waals surface area contributed by atoms with Crippen LogP contribution in [0.2, 0.25) is 5.02 Å². The SMILES string of the molecule is CCOc1ccc(Br)cc1/C=C/C(=O)Nc1ccc(OC)c(Cl)c1. The van der Waals surface area contributed by atoms with Crippen LogP contribution in [0.3, 0.4) is 0 Å². The van der Waals surface area contributed by atoms with E-state index in [0.29, 0.717) is 23.1 Å². The van der Waals surface area contributed by atoms with Crippen LogP contribution in [0.5, 0.6) is 11.5 Å². The Balaban J connectivity index is 2.10. The summed E-state index contributed by atoms with van der Waals surface area (Å²) >= 11 is 9.46. The summed E-state index contributed by atoms with van der Waals surface area (Å²) in [7, 11) is 1.54. The number of carbonyl (C=O) groups excluding carboxylic acids is 1. The van der Waals surface area contributed by atoms with E-state index in [1.165, 1.54) is 13.2 Å². The summed E-state index contributed by atoms with van der Waals surface area (Å²) in [4.78, 5) is 12.1. The lowest BCUT2D eigenvalue weighted by atomic mass is 10.2. The molecule has 1 N–H and O–H groups in total. The van der Waals surface area contributed by atoms with Gasteiger partial charge in [0.1, 0.15) is 11.5 Å². The predicted molar refractivity (Wildman–Crippen MR) is 101 cm³/mol. The van der Waals surface area contributed by atoms with Gasteiger partial charge in [-0.2, -0.15) is 0 Å². The largest absolute Gasteiger partial charge is 0.495 e. The first-order valence-electron chi connectivity index (χ1n) is 7.28. The van der Waals surface area contributed by atoms with Crippen molar-refractivity contribution in [3.8, 4) is 11.5 Å². The fourth-order valence-electron chi connectivity index (χ4n) is 2.03. The van der Waals surface area contributed by atoms with Crippen LogP contribution in [0.4, 0.5) is 5.69 Å². The first-order chi connectivity index (χ1) is 11.5. The maximum absolute atomic E-state index is 12.1. The quantitative estimate of drug-likeness (QED) is 0.669. The molecule has 0 spiro atoms. The maximum atomic E-state index is 12.1. The van der Waals surface area contributed by atoms with Crippen molar-refractivity contribution in [3.05, 3.63) is 57.5 Å². The molecule has 0 aliphatic carbocycles. The Morgan fingerprint density at radius 3 is 2.67 bits per heavy atom. The first kappa shape index (κ1) is 18.4. The molecule has 2 rings (SSSR count). The standard InChI is InChI=1S/C18H17BrClNO3/c1-3-24-16-7-5-13(19)10-12(16)4-9-18(22)21-14-6-8-17(23-2)15(20)11-14/h4-11H,3H2,1-2H3,(H,21,22)/b9-4+. The number of halogens is 2. The maximum Gasteiger partial charge on any atom is 0.248 e. The molecular weight excluding hydrogens is 394 g/mol. The molecule has 0 aliphatic heterocycles. The van der Waals surface area contributed by atoms with Crippen LogP contribution in [0.25, 0.3) is 6.08 Å². The van der Waals surface area contributed by atoms with Gasteiger partial charge in [0.05, 0.1) is 18.7 Å². The van der Waals surface area contributed by atoms with Gasteiger partial charge in [-0.25, -0.2) is 0 Å². The van der Waals surface area contributed by atoms with E-state index >= 15 is 0 Å². The second-order valence-corrected chi connectivity index (χ2v) is 6.11. The lowest BCUT2D eigenvalue weighted by Gasteiger charge is -2.08. The van der Waals surface area contributed by atoms with Crippen molar-refractivity contribution in [1.29, 1.82) is 0 Å². The molecule has 0 bridgehead atoms. The van der Waals surface area contributed by atoms with Gasteiger partial charge in [0.2, 0.25) is 5.91 Å². The average Bonchev–Trinajstić information content (AvgIpc) is 2.55. The van der Waals surface area contributed by atoms with E-state index in [9.17, 15) is 4.79 Å². The van der Waals surface area contributed by atoms with Crippen LogP contribution in [0, 0.1) is 0 Å². The van der Waals surface area contributed by atoms with Crippen LogP contribution < -0.4 is 14.8 Å². The van der Waals surface area contributed by atoms with Gasteiger partial charge in [-0.3, -0.25) is 4.79 Å². The van der Waals surface area contributed by atoms with Crippen molar-refractivity contribution in [2.45, 2.75) is 6.92 Å². The average molecular weight is 411 g/mol. The molecule has 0 radical (unpaired) electrons. The third kappa shape index (κ3) is 5.01. The summed E-state index contributed by atoms with van der Waals surface area (Å²) < 4.78 is 11.5. The van der Waals surface area contributed by atoms with Crippen LogP contribution in [0.1, 0.15) is 12.5 Å². The summed E-state index contributed by atoms with van der Waals surface area (Å²) in [6.45, 7) is 2.47. The topological polar surface area (TPSA) is 47.6 Å². The zero-order valence-corrected chi connectivity index (χ0v) is 15.6. The third-order valence-corrected chi connectivity index (χ3v) is 3.89. The third-order valence-electron chi connectivity index (χ3n) is 3.11. The number of anilines is 1. The van der Waals surface area contributed by atoms with E-state index in [1.807, 2.05) is 25.1 Å². The molecule has 0 heterocycles. The van der Waals surface area contributed by atoms with Crippen LogP contribution in [0.15, 0.2) is 46.9 Å². The fourth-order valence-corrected chi connectivity index (χ4v) is 2.67. The van der Waals surface area contributed by atoms with Gasteiger partial charge in [0.25, 0.3) is 0 Å². The van der Waals surface area contributed by atoms with E-state index in [2.05, 4.69) is 21.2 Å². The molecular formula is C18H17BrClNO3. The molecule has 0 fully saturated rings. The number of nitrogens with one attached hydrogen (secondary N) is 1. The van der Waals surface area contributed by atoms with Gasteiger partial charge < -0.3 is 14.8 Å². The van der Waals surface area contributed by atoms with Crippen molar-refractivity contribution in [3.63, 3.8) is 0 Å². The lowest BCUT2D eigenvalue weighted by molar-refractivity contribution is -0.111. The highest BCUT2D eigenvalue weighted by Gasteiger charge is 2.05. The molecule has 0 atom stereocenters. The number of hydrogen-bond donors (Lipinski definition) is 1. The summed E-state index contributed by atoms with van der Waals surface area (Å²) in [6.07, 6.45) is 3.15. The number of methoxy groups -OCH3 is 1. The molecule has 0 saturated heterocycles. The van der Waals surface area contributed by atoms with Gasteiger partial charge in [-0.1, -0.05) is 27.5 Å². The highest BCUT2D eigenvalue weighted by atomic mass is 79.9. The van der Waals surface area contributed by atoms with Crippen molar-refractivity contribution in [2.24, 2.45) is 0 Å². The number of benzene rings is 2. The van der Waals surface area contributed by atoms with E-state index in [0.717, 1.165) is 15.8 Å². The monoisotopic (exact) mass is 409 g/mol. The minimum atomic E-state index is -0.265. The minimum Gasteiger partial charge on any atom is -0.495 e. The molecule has 2 aromatic rings. The Morgan fingerprint density at radius 2 is 2.00 bits per heavy atom. The van der Waals surface area contributed by atoms with Crippen molar-refractivity contribution in [2.75, 3.05) is 19.0 Å². The molecule has 0 aliphatic rings. The lowest BCUT2D eigenvalue weighted by Crippen LogP contribution is -2.07. The Morgan fingerprint density at radius 1 is 1.25 bits per heavy atom. The van der Waals surface area contributed by atoms with E-state index < -0.39 is 0 Å². The van der Waals surface area contributed by atoms with Gasteiger partial charge >= 0.3 is 0 Å². The Kier molecular flexibility index (Phi) is 6.70. The Labute approximate surface area is 154 Å². The summed E-state index contributed by atoms with van der Waals surface area (Å²) in [5.74, 6) is 1.01. The molecule has 2 aromatic carbocycles. The number of ether oxygens (including phenoxy) is 2. The van der Waals surface area contributed by atoms with Crippen LogP contribution in [-0.4, -0.2) is 19.6 Å². The van der Waals surface area contributed by atoms with Gasteiger partial charge in [0, 0.05) is 21.8 Å². The van der Waals surface area contributed by atoms with E-state index in [4.69, 9.17) is 21.1 Å². The number of rotatable bonds is 6. The number of amides is 1. The Bertz CT molecular complexity index is 762. The second kappa shape index (κ2) is 8.76. The van der Waals surface area contributed by atoms with Gasteiger partial charge in [0.15, 0.2) is 0 Å². The Hall–Kier alpha value is -1.98. The number of carbonyl (C=O) groups is 1.